The van der Waals surface area contributed by atoms with E-state index in [0.29, 0.717) is 11.4 Å². The van der Waals surface area contributed by atoms with Gasteiger partial charge in [-0.05, 0) is 30.3 Å². The van der Waals surface area contributed by atoms with Gasteiger partial charge in [0.1, 0.15) is 23.6 Å². The van der Waals surface area contributed by atoms with Gasteiger partial charge >= 0.3 is 0 Å². The predicted molar refractivity (Wildman–Crippen MR) is 65.1 cm³/mol. The summed E-state index contributed by atoms with van der Waals surface area (Å²) in [6, 6.07) is 8.46. The lowest BCUT2D eigenvalue weighted by Gasteiger charge is -1.97. The molecule has 2 heterocycles. The van der Waals surface area contributed by atoms with E-state index < -0.39 is 11.6 Å². The third-order valence-electron chi connectivity index (χ3n) is 2.59. The van der Waals surface area contributed by atoms with E-state index in [2.05, 4.69) is 9.97 Å². The highest BCUT2D eigenvalue weighted by atomic mass is 19.1. The minimum Gasteiger partial charge on any atom is -0.444 e. The molecule has 0 fully saturated rings. The Kier molecular flexibility index (Phi) is 2.79. The van der Waals surface area contributed by atoms with Gasteiger partial charge in [0.15, 0.2) is 0 Å². The predicted octanol–water partition coefficient (Wildman–Crippen LogP) is 3.68. The third-order valence-corrected chi connectivity index (χ3v) is 2.59. The molecule has 1 aromatic carbocycles. The number of halogens is 2. The fraction of sp³-hybridized carbons (Fsp3) is 0. The molecule has 3 rings (SSSR count). The van der Waals surface area contributed by atoms with E-state index in [-0.39, 0.29) is 11.5 Å². The van der Waals surface area contributed by atoms with Crippen molar-refractivity contribution >= 4 is 0 Å². The molecular weight excluding hydrogens is 250 g/mol. The third kappa shape index (κ3) is 2.22. The molecule has 0 aliphatic rings. The average molecular weight is 258 g/mol. The van der Waals surface area contributed by atoms with Crippen LogP contribution >= 0.6 is 0 Å². The Morgan fingerprint density at radius 1 is 1.00 bits per heavy atom. The zero-order valence-electron chi connectivity index (χ0n) is 9.68. The quantitative estimate of drug-likeness (QED) is 0.703. The Morgan fingerprint density at radius 3 is 2.68 bits per heavy atom. The molecule has 0 atom stereocenters. The number of hydrogen-bond donors (Lipinski definition) is 0. The first-order valence-corrected chi connectivity index (χ1v) is 5.56. The Bertz CT molecular complexity index is 710. The lowest BCUT2D eigenvalue weighted by atomic mass is 10.2. The molecule has 3 nitrogen and oxygen atoms in total. The minimum absolute atomic E-state index is 0.0119. The molecule has 0 bridgehead atoms. The van der Waals surface area contributed by atoms with Crippen molar-refractivity contribution in [2.24, 2.45) is 0 Å². The van der Waals surface area contributed by atoms with Gasteiger partial charge in [0.2, 0.25) is 5.89 Å². The van der Waals surface area contributed by atoms with Crippen LogP contribution in [0.4, 0.5) is 8.78 Å². The first-order valence-electron chi connectivity index (χ1n) is 5.56. The van der Waals surface area contributed by atoms with Crippen molar-refractivity contribution in [3.05, 3.63) is 60.5 Å². The van der Waals surface area contributed by atoms with Crippen LogP contribution in [0.3, 0.4) is 0 Å². The van der Waals surface area contributed by atoms with Gasteiger partial charge in [0, 0.05) is 6.20 Å². The smallest absolute Gasteiger partial charge is 0.229 e. The Morgan fingerprint density at radius 2 is 1.89 bits per heavy atom. The number of aromatic nitrogens is 2. The van der Waals surface area contributed by atoms with Crippen LogP contribution in [0.1, 0.15) is 0 Å². The van der Waals surface area contributed by atoms with Gasteiger partial charge in [-0.25, -0.2) is 13.8 Å². The highest BCUT2D eigenvalue weighted by Crippen LogP contribution is 2.26. The fourth-order valence-corrected chi connectivity index (χ4v) is 1.69. The second kappa shape index (κ2) is 4.61. The first-order chi connectivity index (χ1) is 9.24. The molecule has 5 heteroatoms. The van der Waals surface area contributed by atoms with E-state index in [1.807, 2.05) is 0 Å². The minimum atomic E-state index is -0.587. The van der Waals surface area contributed by atoms with Crippen LogP contribution in [-0.2, 0) is 0 Å². The summed E-state index contributed by atoms with van der Waals surface area (Å²) in [4.78, 5) is 8.22. The zero-order chi connectivity index (χ0) is 13.2. The van der Waals surface area contributed by atoms with Crippen LogP contribution in [0.25, 0.3) is 22.8 Å². The molecule has 0 N–H and O–H groups in total. The molecule has 0 aliphatic heterocycles. The van der Waals surface area contributed by atoms with Gasteiger partial charge in [0.25, 0.3) is 0 Å². The van der Waals surface area contributed by atoms with Crippen LogP contribution in [0.2, 0.25) is 0 Å². The van der Waals surface area contributed by atoms with E-state index in [9.17, 15) is 8.78 Å². The van der Waals surface area contributed by atoms with Crippen LogP contribution in [-0.4, -0.2) is 9.97 Å². The van der Waals surface area contributed by atoms with Gasteiger partial charge in [0.05, 0.1) is 11.3 Å². The summed E-state index contributed by atoms with van der Waals surface area (Å²) in [7, 11) is 0. The molecular formula is C14H8F2N2O. The van der Waals surface area contributed by atoms with Crippen molar-refractivity contribution < 1.29 is 13.2 Å². The summed E-state index contributed by atoms with van der Waals surface area (Å²) >= 11 is 0. The Balaban J connectivity index is 2.04. The topological polar surface area (TPSA) is 38.9 Å². The summed E-state index contributed by atoms with van der Waals surface area (Å²) in [5, 5.41) is 0. The molecule has 0 unspecified atom stereocenters. The van der Waals surface area contributed by atoms with Gasteiger partial charge < -0.3 is 4.42 Å². The van der Waals surface area contributed by atoms with Crippen molar-refractivity contribution in [1.82, 2.24) is 9.97 Å². The van der Waals surface area contributed by atoms with E-state index in [4.69, 9.17) is 4.42 Å². The second-order valence-corrected chi connectivity index (χ2v) is 3.88. The number of rotatable bonds is 2. The zero-order valence-corrected chi connectivity index (χ0v) is 9.68. The maximum atomic E-state index is 13.6. The van der Waals surface area contributed by atoms with E-state index in [1.54, 1.807) is 24.4 Å². The van der Waals surface area contributed by atoms with Crippen molar-refractivity contribution in [3.8, 4) is 22.8 Å². The lowest BCUT2D eigenvalue weighted by Crippen LogP contribution is -1.87. The first kappa shape index (κ1) is 11.5. The lowest BCUT2D eigenvalue weighted by molar-refractivity contribution is 0.556. The van der Waals surface area contributed by atoms with Crippen molar-refractivity contribution in [3.63, 3.8) is 0 Å². The number of nitrogens with zero attached hydrogens (tertiary/aromatic N) is 2. The largest absolute Gasteiger partial charge is 0.444 e. The Hall–Kier alpha value is -2.56. The SMILES string of the molecule is Fc1ccc(F)c(-c2nc(-c3ccccn3)co2)c1. The van der Waals surface area contributed by atoms with Gasteiger partial charge in [-0.15, -0.1) is 0 Å². The standard InChI is InChI=1S/C14H8F2N2O/c15-9-4-5-11(16)10(7-9)14-18-13(8-19-14)12-3-1-2-6-17-12/h1-8H. The van der Waals surface area contributed by atoms with Gasteiger partial charge in [-0.3, -0.25) is 4.98 Å². The van der Waals surface area contributed by atoms with Crippen molar-refractivity contribution in [2.45, 2.75) is 0 Å². The van der Waals surface area contributed by atoms with Crippen LogP contribution < -0.4 is 0 Å². The highest BCUT2D eigenvalue weighted by Gasteiger charge is 2.13. The number of pyridine rings is 1. The molecule has 94 valence electrons. The van der Waals surface area contributed by atoms with Crippen molar-refractivity contribution in [1.29, 1.82) is 0 Å². The fourth-order valence-electron chi connectivity index (χ4n) is 1.69. The van der Waals surface area contributed by atoms with Crippen LogP contribution in [0.15, 0.2) is 53.3 Å². The normalized spacial score (nSPS) is 10.6. The summed E-state index contributed by atoms with van der Waals surface area (Å²) in [5.74, 6) is -1.11. The molecule has 2 aromatic heterocycles. The molecule has 0 radical (unpaired) electrons. The maximum Gasteiger partial charge on any atom is 0.229 e. The monoisotopic (exact) mass is 258 g/mol. The van der Waals surface area contributed by atoms with Crippen LogP contribution in [0.5, 0.6) is 0 Å². The molecule has 0 saturated heterocycles. The van der Waals surface area contributed by atoms with Gasteiger partial charge in [-0.1, -0.05) is 6.07 Å². The molecule has 3 aromatic rings. The Labute approximate surface area is 107 Å². The summed E-state index contributed by atoms with van der Waals surface area (Å²) in [6.45, 7) is 0. The number of oxazole rings is 1. The van der Waals surface area contributed by atoms with E-state index in [0.717, 1.165) is 18.2 Å². The molecule has 0 saturated carbocycles. The van der Waals surface area contributed by atoms with Crippen LogP contribution in [0, 0.1) is 11.6 Å². The molecule has 0 spiro atoms. The molecule has 19 heavy (non-hydrogen) atoms. The summed E-state index contributed by atoms with van der Waals surface area (Å²) in [5.41, 5.74) is 1.07. The average Bonchev–Trinajstić information content (AvgIpc) is 2.92. The van der Waals surface area contributed by atoms with Gasteiger partial charge in [-0.2, -0.15) is 0 Å². The van der Waals surface area contributed by atoms with Crippen molar-refractivity contribution in [2.75, 3.05) is 0 Å². The highest BCUT2D eigenvalue weighted by molar-refractivity contribution is 5.60. The molecule has 0 aliphatic carbocycles. The number of hydrogen-bond acceptors (Lipinski definition) is 3. The molecule has 0 amide bonds. The second-order valence-electron chi connectivity index (χ2n) is 3.88. The summed E-state index contributed by atoms with van der Waals surface area (Å²) in [6.07, 6.45) is 2.98. The van der Waals surface area contributed by atoms with E-state index in [1.165, 1.54) is 6.26 Å². The van der Waals surface area contributed by atoms with E-state index >= 15 is 0 Å². The number of benzene rings is 1. The summed E-state index contributed by atoms with van der Waals surface area (Å²) < 4.78 is 31.9. The maximum absolute atomic E-state index is 13.6.